The van der Waals surface area contributed by atoms with Crippen LogP contribution in [-0.4, -0.2) is 25.8 Å². The maximum atomic E-state index is 6.08. The van der Waals surface area contributed by atoms with Crippen molar-refractivity contribution < 1.29 is 14.2 Å². The minimum absolute atomic E-state index is 0.103. The number of hydrogen-bond donors (Lipinski definition) is 0. The van der Waals surface area contributed by atoms with Gasteiger partial charge in [0.05, 0.1) is 0 Å². The summed E-state index contributed by atoms with van der Waals surface area (Å²) < 4.78 is 18.2. The second kappa shape index (κ2) is 13.2. The Morgan fingerprint density at radius 3 is 1.48 bits per heavy atom. The summed E-state index contributed by atoms with van der Waals surface area (Å²) in [7, 11) is 0. The van der Waals surface area contributed by atoms with Crippen LogP contribution in [0.3, 0.4) is 0 Å². The third-order valence-electron chi connectivity index (χ3n) is 4.63. The molecule has 0 heterocycles. The molecule has 0 saturated heterocycles. The summed E-state index contributed by atoms with van der Waals surface area (Å²) in [6, 6.07) is 0. The molecule has 3 nitrogen and oxygen atoms in total. The fourth-order valence-electron chi connectivity index (χ4n) is 3.50. The van der Waals surface area contributed by atoms with Gasteiger partial charge in [0.2, 0.25) is 0 Å². The summed E-state index contributed by atoms with van der Waals surface area (Å²) >= 11 is 0. The molecular weight excluding hydrogens is 288 g/mol. The molecule has 0 spiro atoms. The van der Waals surface area contributed by atoms with Gasteiger partial charge in [-0.25, -0.2) is 0 Å². The van der Waals surface area contributed by atoms with E-state index < -0.39 is 5.97 Å². The van der Waals surface area contributed by atoms with E-state index in [0.29, 0.717) is 19.8 Å². The molecule has 0 radical (unpaired) electrons. The van der Waals surface area contributed by atoms with Gasteiger partial charge in [0.1, 0.15) is 0 Å². The first-order chi connectivity index (χ1) is 11.1. The van der Waals surface area contributed by atoms with Crippen molar-refractivity contribution in [3.63, 3.8) is 0 Å². The number of unbranched alkanes of at least 4 members (excludes halogenated alkanes) is 5. The zero-order chi connectivity index (χ0) is 17.6. The van der Waals surface area contributed by atoms with Crippen LogP contribution >= 0.6 is 0 Å². The van der Waals surface area contributed by atoms with E-state index in [4.69, 9.17) is 14.2 Å². The fraction of sp³-hybridized carbons (Fsp3) is 1.00. The van der Waals surface area contributed by atoms with E-state index in [1.807, 2.05) is 20.8 Å². The van der Waals surface area contributed by atoms with Crippen LogP contribution in [0.4, 0.5) is 0 Å². The first kappa shape index (κ1) is 22.9. The molecular formula is C20H42O3. The van der Waals surface area contributed by atoms with E-state index in [9.17, 15) is 0 Å². The van der Waals surface area contributed by atoms with Gasteiger partial charge in [-0.1, -0.05) is 65.7 Å². The van der Waals surface area contributed by atoms with Gasteiger partial charge in [-0.05, 0) is 33.6 Å². The van der Waals surface area contributed by atoms with Crippen LogP contribution < -0.4 is 0 Å². The highest BCUT2D eigenvalue weighted by Gasteiger charge is 2.50. The van der Waals surface area contributed by atoms with Crippen molar-refractivity contribution in [2.45, 2.75) is 105 Å². The predicted molar refractivity (Wildman–Crippen MR) is 98.6 cm³/mol. The van der Waals surface area contributed by atoms with Gasteiger partial charge in [0.15, 0.2) is 0 Å². The average molecular weight is 331 g/mol. The molecule has 0 aliphatic carbocycles. The molecule has 0 rings (SSSR count). The lowest BCUT2D eigenvalue weighted by molar-refractivity contribution is -0.427. The lowest BCUT2D eigenvalue weighted by Crippen LogP contribution is -2.53. The molecule has 1 unspecified atom stereocenters. The SMILES string of the molecule is CCCCCCCCC(C)(CCC)C(OCC)(OCC)OCC. The van der Waals surface area contributed by atoms with Crippen molar-refractivity contribution in [3.8, 4) is 0 Å². The highest BCUT2D eigenvalue weighted by atomic mass is 16.9. The predicted octanol–water partition coefficient (Wildman–Crippen LogP) is 6.31. The molecule has 0 aromatic carbocycles. The summed E-state index contributed by atoms with van der Waals surface area (Å²) in [6.45, 7) is 14.6. The molecule has 0 fully saturated rings. The zero-order valence-corrected chi connectivity index (χ0v) is 16.7. The summed E-state index contributed by atoms with van der Waals surface area (Å²) in [4.78, 5) is 0. The Morgan fingerprint density at radius 1 is 0.565 bits per heavy atom. The van der Waals surface area contributed by atoms with Crippen LogP contribution in [0, 0.1) is 5.41 Å². The van der Waals surface area contributed by atoms with Crippen LogP contribution in [-0.2, 0) is 14.2 Å². The van der Waals surface area contributed by atoms with Gasteiger partial charge < -0.3 is 14.2 Å². The standard InChI is InChI=1S/C20H42O3/c1-7-12-13-14-15-16-18-19(6,17-8-2)20(21-9-3,22-10-4)23-11-5/h7-18H2,1-6H3. The normalized spacial score (nSPS) is 14.9. The lowest BCUT2D eigenvalue weighted by atomic mass is 9.77. The van der Waals surface area contributed by atoms with Gasteiger partial charge >= 0.3 is 0 Å². The lowest BCUT2D eigenvalue weighted by Gasteiger charge is -2.46. The van der Waals surface area contributed by atoms with Crippen LogP contribution in [0.15, 0.2) is 0 Å². The van der Waals surface area contributed by atoms with Crippen molar-refractivity contribution in [1.29, 1.82) is 0 Å². The Balaban J connectivity index is 4.92. The van der Waals surface area contributed by atoms with Crippen molar-refractivity contribution in [3.05, 3.63) is 0 Å². The Morgan fingerprint density at radius 2 is 1.04 bits per heavy atom. The third-order valence-corrected chi connectivity index (χ3v) is 4.63. The van der Waals surface area contributed by atoms with Gasteiger partial charge in [0, 0.05) is 25.2 Å². The maximum absolute atomic E-state index is 6.08. The smallest absolute Gasteiger partial charge is 0.288 e. The number of ether oxygens (including phenoxy) is 3. The Kier molecular flexibility index (Phi) is 13.1. The Bertz CT molecular complexity index is 251. The van der Waals surface area contributed by atoms with Gasteiger partial charge in [-0.3, -0.25) is 0 Å². The maximum Gasteiger partial charge on any atom is 0.288 e. The Labute approximate surface area is 145 Å². The fourth-order valence-corrected chi connectivity index (χ4v) is 3.50. The minimum Gasteiger partial charge on any atom is -0.327 e. The summed E-state index contributed by atoms with van der Waals surface area (Å²) in [6.07, 6.45) is 11.1. The van der Waals surface area contributed by atoms with Crippen LogP contribution in [0.5, 0.6) is 0 Å². The summed E-state index contributed by atoms with van der Waals surface area (Å²) in [5.41, 5.74) is -0.103. The van der Waals surface area contributed by atoms with Gasteiger partial charge in [0.25, 0.3) is 5.97 Å². The number of rotatable bonds is 16. The van der Waals surface area contributed by atoms with E-state index in [2.05, 4.69) is 20.8 Å². The van der Waals surface area contributed by atoms with Gasteiger partial charge in [-0.15, -0.1) is 0 Å². The van der Waals surface area contributed by atoms with Crippen LogP contribution in [0.25, 0.3) is 0 Å². The third kappa shape index (κ3) is 7.53. The second-order valence-electron chi connectivity index (χ2n) is 6.68. The summed E-state index contributed by atoms with van der Waals surface area (Å²) in [5.74, 6) is -0.898. The van der Waals surface area contributed by atoms with E-state index in [1.165, 1.54) is 38.5 Å². The molecule has 140 valence electrons. The molecule has 0 N–H and O–H groups in total. The van der Waals surface area contributed by atoms with E-state index in [1.54, 1.807) is 0 Å². The molecule has 0 aromatic heterocycles. The first-order valence-corrected chi connectivity index (χ1v) is 9.97. The van der Waals surface area contributed by atoms with E-state index in [0.717, 1.165) is 19.3 Å². The van der Waals surface area contributed by atoms with Crippen LogP contribution in [0.1, 0.15) is 99.3 Å². The summed E-state index contributed by atoms with van der Waals surface area (Å²) in [5, 5.41) is 0. The Hall–Kier alpha value is -0.120. The quantitative estimate of drug-likeness (QED) is 0.245. The molecule has 0 bridgehead atoms. The molecule has 0 amide bonds. The largest absolute Gasteiger partial charge is 0.327 e. The average Bonchev–Trinajstić information content (AvgIpc) is 2.51. The molecule has 0 aliphatic rings. The molecule has 0 aromatic rings. The van der Waals surface area contributed by atoms with Crippen molar-refractivity contribution in [1.82, 2.24) is 0 Å². The molecule has 0 aliphatic heterocycles. The molecule has 3 heteroatoms. The van der Waals surface area contributed by atoms with Gasteiger partial charge in [-0.2, -0.15) is 0 Å². The van der Waals surface area contributed by atoms with Crippen molar-refractivity contribution >= 4 is 0 Å². The second-order valence-corrected chi connectivity index (χ2v) is 6.68. The molecule has 23 heavy (non-hydrogen) atoms. The topological polar surface area (TPSA) is 27.7 Å². The zero-order valence-electron chi connectivity index (χ0n) is 16.7. The highest BCUT2D eigenvalue weighted by molar-refractivity contribution is 4.85. The van der Waals surface area contributed by atoms with E-state index in [-0.39, 0.29) is 5.41 Å². The van der Waals surface area contributed by atoms with E-state index >= 15 is 0 Å². The van der Waals surface area contributed by atoms with Crippen LogP contribution in [0.2, 0.25) is 0 Å². The highest BCUT2D eigenvalue weighted by Crippen LogP contribution is 2.45. The first-order valence-electron chi connectivity index (χ1n) is 9.97. The minimum atomic E-state index is -0.898. The van der Waals surface area contributed by atoms with Crippen molar-refractivity contribution in [2.75, 3.05) is 19.8 Å². The van der Waals surface area contributed by atoms with Crippen molar-refractivity contribution in [2.24, 2.45) is 5.41 Å². The monoisotopic (exact) mass is 330 g/mol. The molecule has 1 atom stereocenters. The molecule has 0 saturated carbocycles. The number of hydrogen-bond acceptors (Lipinski definition) is 3.